The van der Waals surface area contributed by atoms with Gasteiger partial charge < -0.3 is 15.3 Å². The molecule has 1 aliphatic carbocycles. The summed E-state index contributed by atoms with van der Waals surface area (Å²) in [7, 11) is 1.94. The molecule has 0 unspecified atom stereocenters. The quantitative estimate of drug-likeness (QED) is 0.689. The van der Waals surface area contributed by atoms with Crippen molar-refractivity contribution in [1.29, 1.82) is 0 Å². The molecule has 0 saturated heterocycles. The van der Waals surface area contributed by atoms with E-state index in [9.17, 15) is 18.3 Å². The number of anilines is 3. The number of aromatic nitrogens is 4. The Kier molecular flexibility index (Phi) is 5.03. The number of aliphatic hydroxyl groups is 1. The molecule has 0 amide bonds. The number of aliphatic hydroxyl groups excluding tert-OH is 1. The highest BCUT2D eigenvalue weighted by atomic mass is 19.4. The minimum absolute atomic E-state index is 0.241. The molecule has 0 atom stereocenters. The molecule has 0 radical (unpaired) electrons. The highest BCUT2D eigenvalue weighted by Crippen LogP contribution is 2.30. The Hall–Kier alpha value is -2.88. The lowest BCUT2D eigenvalue weighted by Crippen LogP contribution is -2.38. The van der Waals surface area contributed by atoms with Gasteiger partial charge in [-0.3, -0.25) is 0 Å². The summed E-state index contributed by atoms with van der Waals surface area (Å²) in [5, 5.41) is 17.1. The second kappa shape index (κ2) is 7.51. The van der Waals surface area contributed by atoms with E-state index >= 15 is 0 Å². The number of nitrogens with one attached hydrogen (secondary N) is 1. The predicted molar refractivity (Wildman–Crippen MR) is 102 cm³/mol. The number of rotatable bonds is 4. The summed E-state index contributed by atoms with van der Waals surface area (Å²) in [5.41, 5.74) is 0.321. The molecule has 1 saturated carbocycles. The average Bonchev–Trinajstić information content (AvgIpc) is 3.10. The lowest BCUT2D eigenvalue weighted by molar-refractivity contribution is -0.137. The van der Waals surface area contributed by atoms with Crippen LogP contribution in [-0.2, 0) is 6.18 Å². The largest absolute Gasteiger partial charge is 0.416 e. The number of fused-ring (bicyclic) bond motifs is 1. The fraction of sp³-hybridized carbons (Fsp3) is 0.421. The van der Waals surface area contributed by atoms with Gasteiger partial charge in [0.25, 0.3) is 0 Å². The Morgan fingerprint density at radius 2 is 1.79 bits per heavy atom. The van der Waals surface area contributed by atoms with Gasteiger partial charge in [0.1, 0.15) is 0 Å². The number of hydrogen-bond acceptors (Lipinski definition) is 6. The van der Waals surface area contributed by atoms with Crippen molar-refractivity contribution < 1.29 is 18.3 Å². The third-order valence-corrected chi connectivity index (χ3v) is 5.23. The third-order valence-electron chi connectivity index (χ3n) is 5.23. The van der Waals surface area contributed by atoms with E-state index in [-0.39, 0.29) is 18.1 Å². The van der Waals surface area contributed by atoms with E-state index in [4.69, 9.17) is 0 Å². The highest BCUT2D eigenvalue weighted by molar-refractivity contribution is 5.57. The van der Waals surface area contributed by atoms with Crippen LogP contribution in [-0.4, -0.2) is 43.9 Å². The Morgan fingerprint density at radius 1 is 1.10 bits per heavy atom. The predicted octanol–water partition coefficient (Wildman–Crippen LogP) is 3.63. The monoisotopic (exact) mass is 406 g/mol. The molecular weight excluding hydrogens is 385 g/mol. The van der Waals surface area contributed by atoms with Crippen LogP contribution in [0.3, 0.4) is 0 Å². The molecule has 2 N–H and O–H groups in total. The van der Waals surface area contributed by atoms with Gasteiger partial charge in [-0.1, -0.05) is 0 Å². The SMILES string of the molecule is CN(c1nccc2nc(Nc3ccc(C(F)(F)F)cc3)nn12)C1CCC(O)CC1. The van der Waals surface area contributed by atoms with Crippen molar-refractivity contribution in [1.82, 2.24) is 19.6 Å². The van der Waals surface area contributed by atoms with E-state index in [2.05, 4.69) is 20.4 Å². The van der Waals surface area contributed by atoms with Gasteiger partial charge in [-0.05, 0) is 49.9 Å². The topological polar surface area (TPSA) is 78.6 Å². The second-order valence-corrected chi connectivity index (χ2v) is 7.22. The first kappa shape index (κ1) is 19.4. The number of hydrogen-bond donors (Lipinski definition) is 2. The van der Waals surface area contributed by atoms with Crippen molar-refractivity contribution in [3.63, 3.8) is 0 Å². The zero-order valence-corrected chi connectivity index (χ0v) is 15.8. The molecule has 2 heterocycles. The summed E-state index contributed by atoms with van der Waals surface area (Å²) in [6, 6.07) is 6.66. The summed E-state index contributed by atoms with van der Waals surface area (Å²) in [6.45, 7) is 0. The van der Waals surface area contributed by atoms with Crippen LogP contribution in [0.25, 0.3) is 5.65 Å². The van der Waals surface area contributed by atoms with Crippen LogP contribution in [0.15, 0.2) is 36.5 Å². The summed E-state index contributed by atoms with van der Waals surface area (Å²) in [4.78, 5) is 10.9. The molecule has 7 nitrogen and oxygen atoms in total. The molecule has 4 rings (SSSR count). The molecule has 0 bridgehead atoms. The Balaban J connectivity index is 1.56. The Morgan fingerprint density at radius 3 is 2.45 bits per heavy atom. The summed E-state index contributed by atoms with van der Waals surface area (Å²) in [6.07, 6.45) is 0.263. The molecule has 1 fully saturated rings. The zero-order valence-electron chi connectivity index (χ0n) is 15.8. The normalized spacial score (nSPS) is 20.0. The van der Waals surface area contributed by atoms with Crippen LogP contribution in [0.1, 0.15) is 31.2 Å². The van der Waals surface area contributed by atoms with Crippen molar-refractivity contribution in [2.24, 2.45) is 0 Å². The van der Waals surface area contributed by atoms with Gasteiger partial charge in [-0.15, -0.1) is 5.10 Å². The molecule has 154 valence electrons. The van der Waals surface area contributed by atoms with E-state index in [1.54, 1.807) is 16.8 Å². The molecule has 2 aromatic heterocycles. The highest BCUT2D eigenvalue weighted by Gasteiger charge is 2.30. The van der Waals surface area contributed by atoms with E-state index in [0.29, 0.717) is 17.3 Å². The first-order valence-electron chi connectivity index (χ1n) is 9.38. The molecular formula is C19H21F3N6O. The van der Waals surface area contributed by atoms with Crippen molar-refractivity contribution in [3.8, 4) is 0 Å². The number of halogens is 3. The van der Waals surface area contributed by atoms with Crippen LogP contribution in [0.5, 0.6) is 0 Å². The fourth-order valence-electron chi connectivity index (χ4n) is 3.58. The van der Waals surface area contributed by atoms with E-state index in [0.717, 1.165) is 37.8 Å². The maximum absolute atomic E-state index is 12.7. The number of benzene rings is 1. The Bertz CT molecular complexity index is 980. The maximum Gasteiger partial charge on any atom is 0.416 e. The van der Waals surface area contributed by atoms with Gasteiger partial charge in [0.15, 0.2) is 5.65 Å². The van der Waals surface area contributed by atoms with Crippen molar-refractivity contribution in [2.75, 3.05) is 17.3 Å². The number of nitrogens with zero attached hydrogens (tertiary/aromatic N) is 5. The molecule has 0 aliphatic heterocycles. The third kappa shape index (κ3) is 4.12. The second-order valence-electron chi connectivity index (χ2n) is 7.22. The van der Waals surface area contributed by atoms with Crippen molar-refractivity contribution in [2.45, 2.75) is 44.0 Å². The molecule has 29 heavy (non-hydrogen) atoms. The van der Waals surface area contributed by atoms with Crippen molar-refractivity contribution >= 4 is 23.2 Å². The molecule has 0 spiro atoms. The Labute approximate surface area is 165 Å². The fourth-order valence-corrected chi connectivity index (χ4v) is 3.58. The van der Waals surface area contributed by atoms with Crippen LogP contribution >= 0.6 is 0 Å². The van der Waals surface area contributed by atoms with Crippen LogP contribution in [0.2, 0.25) is 0 Å². The average molecular weight is 406 g/mol. The molecule has 1 aliphatic rings. The summed E-state index contributed by atoms with van der Waals surface area (Å²) < 4.78 is 39.7. The van der Waals surface area contributed by atoms with Gasteiger partial charge in [0.05, 0.1) is 11.7 Å². The van der Waals surface area contributed by atoms with E-state index in [1.165, 1.54) is 12.1 Å². The van der Waals surface area contributed by atoms with E-state index in [1.807, 2.05) is 11.9 Å². The molecule has 10 heteroatoms. The first-order valence-corrected chi connectivity index (χ1v) is 9.38. The lowest BCUT2D eigenvalue weighted by atomic mass is 9.92. The van der Waals surface area contributed by atoms with Gasteiger partial charge in [0, 0.05) is 31.0 Å². The van der Waals surface area contributed by atoms with E-state index < -0.39 is 11.7 Å². The molecule has 1 aromatic carbocycles. The van der Waals surface area contributed by atoms with Gasteiger partial charge in [-0.25, -0.2) is 4.98 Å². The van der Waals surface area contributed by atoms with Gasteiger partial charge >= 0.3 is 6.18 Å². The lowest BCUT2D eigenvalue weighted by Gasteiger charge is -2.33. The van der Waals surface area contributed by atoms with Crippen molar-refractivity contribution in [3.05, 3.63) is 42.1 Å². The summed E-state index contributed by atoms with van der Waals surface area (Å²) >= 11 is 0. The van der Waals surface area contributed by atoms with Crippen LogP contribution in [0.4, 0.5) is 30.8 Å². The minimum Gasteiger partial charge on any atom is -0.393 e. The first-order chi connectivity index (χ1) is 13.8. The number of alkyl halides is 3. The smallest absolute Gasteiger partial charge is 0.393 e. The van der Waals surface area contributed by atoms with Crippen LogP contribution < -0.4 is 10.2 Å². The maximum atomic E-state index is 12.7. The van der Waals surface area contributed by atoms with Gasteiger partial charge in [-0.2, -0.15) is 22.7 Å². The zero-order chi connectivity index (χ0) is 20.6. The minimum atomic E-state index is -4.37. The van der Waals surface area contributed by atoms with Gasteiger partial charge in [0.2, 0.25) is 11.9 Å². The molecule has 3 aromatic rings. The summed E-state index contributed by atoms with van der Waals surface area (Å²) in [5.74, 6) is 0.892. The standard InChI is InChI=1S/C19H21F3N6O/c1-27(14-6-8-15(29)9-7-14)18-23-11-10-16-25-17(26-28(16)18)24-13-4-2-12(3-5-13)19(20,21)22/h2-5,10-11,14-15,29H,6-9H2,1H3,(H,24,26). The van der Waals surface area contributed by atoms with Crippen LogP contribution in [0, 0.1) is 0 Å².